The molecule has 1 aliphatic rings. The molecule has 7 heteroatoms. The van der Waals surface area contributed by atoms with E-state index in [0.29, 0.717) is 22.2 Å². The highest BCUT2D eigenvalue weighted by atomic mass is 127. The van der Waals surface area contributed by atoms with Gasteiger partial charge in [-0.05, 0) is 53.1 Å². The molecule has 1 heterocycles. The van der Waals surface area contributed by atoms with Gasteiger partial charge in [-0.1, -0.05) is 48.6 Å². The van der Waals surface area contributed by atoms with Crippen molar-refractivity contribution in [3.8, 4) is 0 Å². The number of halogens is 1. The molecule has 0 bridgehead atoms. The fourth-order valence-electron chi connectivity index (χ4n) is 2.15. The summed E-state index contributed by atoms with van der Waals surface area (Å²) in [5.41, 5.74) is 1.01. The van der Waals surface area contributed by atoms with E-state index in [2.05, 4.69) is 22.6 Å². The fraction of sp³-hybridized carbons (Fsp3) is 0.312. The number of nitrogens with zero attached hydrogens (tertiary/aromatic N) is 1. The highest BCUT2D eigenvalue weighted by Crippen LogP contribution is 2.33. The highest BCUT2D eigenvalue weighted by molar-refractivity contribution is 14.1. The van der Waals surface area contributed by atoms with Crippen molar-refractivity contribution >= 4 is 68.8 Å². The van der Waals surface area contributed by atoms with Gasteiger partial charge < -0.3 is 5.11 Å². The minimum Gasteiger partial charge on any atom is -0.481 e. The average molecular weight is 461 g/mol. The van der Waals surface area contributed by atoms with Crippen molar-refractivity contribution < 1.29 is 14.7 Å². The maximum atomic E-state index is 12.5. The first-order valence-corrected chi connectivity index (χ1v) is 9.51. The Hall–Kier alpha value is -0.930. The SMILES string of the molecule is O=C(O)CCCCCN1C(=O)/C(=C\c2ccccc2I)SC1=S. The number of thiocarbonyl (C=S) groups is 1. The largest absolute Gasteiger partial charge is 0.481 e. The number of carbonyl (C=O) groups excluding carboxylic acids is 1. The number of carbonyl (C=O) groups is 2. The summed E-state index contributed by atoms with van der Waals surface area (Å²) in [5, 5.41) is 8.61. The first-order chi connectivity index (χ1) is 11.0. The fourth-order valence-corrected chi connectivity index (χ4v) is 3.99. The smallest absolute Gasteiger partial charge is 0.303 e. The molecule has 0 aromatic heterocycles. The van der Waals surface area contributed by atoms with Gasteiger partial charge in [-0.15, -0.1) is 0 Å². The van der Waals surface area contributed by atoms with Crippen LogP contribution >= 0.6 is 46.6 Å². The molecule has 0 spiro atoms. The van der Waals surface area contributed by atoms with Gasteiger partial charge >= 0.3 is 5.97 Å². The predicted molar refractivity (Wildman–Crippen MR) is 105 cm³/mol. The van der Waals surface area contributed by atoms with Gasteiger partial charge in [0.25, 0.3) is 5.91 Å². The minimum atomic E-state index is -0.781. The highest BCUT2D eigenvalue weighted by Gasteiger charge is 2.31. The zero-order valence-corrected chi connectivity index (χ0v) is 16.1. The van der Waals surface area contributed by atoms with E-state index in [1.54, 1.807) is 4.90 Å². The number of thioether (sulfide) groups is 1. The number of carboxylic acids is 1. The first-order valence-electron chi connectivity index (χ1n) is 7.20. The molecule has 2 rings (SSSR count). The van der Waals surface area contributed by atoms with Gasteiger partial charge in [0.2, 0.25) is 0 Å². The number of hydrogen-bond acceptors (Lipinski definition) is 4. The summed E-state index contributed by atoms with van der Waals surface area (Å²) in [7, 11) is 0. The molecule has 0 saturated carbocycles. The average Bonchev–Trinajstić information content (AvgIpc) is 2.76. The number of carboxylic acid groups (broad SMARTS) is 1. The van der Waals surface area contributed by atoms with Crippen LogP contribution in [-0.2, 0) is 9.59 Å². The molecule has 1 aliphatic heterocycles. The van der Waals surface area contributed by atoms with Crippen LogP contribution < -0.4 is 0 Å². The Morgan fingerprint density at radius 2 is 2.04 bits per heavy atom. The van der Waals surface area contributed by atoms with Crippen molar-refractivity contribution in [1.82, 2.24) is 4.90 Å². The summed E-state index contributed by atoms with van der Waals surface area (Å²) < 4.78 is 1.66. The lowest BCUT2D eigenvalue weighted by Crippen LogP contribution is -2.29. The third kappa shape index (κ3) is 5.29. The van der Waals surface area contributed by atoms with Crippen LogP contribution in [0.15, 0.2) is 29.2 Å². The summed E-state index contributed by atoms with van der Waals surface area (Å²) in [6.07, 6.45) is 4.22. The van der Waals surface area contributed by atoms with Crippen LogP contribution in [0.4, 0.5) is 0 Å². The van der Waals surface area contributed by atoms with E-state index in [0.717, 1.165) is 22.0 Å². The number of amides is 1. The monoisotopic (exact) mass is 461 g/mol. The second kappa shape index (κ2) is 8.79. The Morgan fingerprint density at radius 1 is 1.30 bits per heavy atom. The van der Waals surface area contributed by atoms with Gasteiger partial charge in [-0.2, -0.15) is 0 Å². The molecule has 1 fully saturated rings. The maximum absolute atomic E-state index is 12.5. The van der Waals surface area contributed by atoms with Gasteiger partial charge in [-0.25, -0.2) is 0 Å². The molecular formula is C16H16INO3S2. The third-order valence-electron chi connectivity index (χ3n) is 3.34. The zero-order chi connectivity index (χ0) is 16.8. The van der Waals surface area contributed by atoms with E-state index >= 15 is 0 Å². The van der Waals surface area contributed by atoms with Crippen LogP contribution in [0, 0.1) is 3.57 Å². The summed E-state index contributed by atoms with van der Waals surface area (Å²) >= 11 is 8.86. The van der Waals surface area contributed by atoms with Crippen LogP contribution in [-0.4, -0.2) is 32.7 Å². The van der Waals surface area contributed by atoms with Crippen LogP contribution in [0.5, 0.6) is 0 Å². The molecule has 4 nitrogen and oxygen atoms in total. The van der Waals surface area contributed by atoms with Crippen molar-refractivity contribution in [3.05, 3.63) is 38.3 Å². The molecular weight excluding hydrogens is 445 g/mol. The number of hydrogen-bond donors (Lipinski definition) is 1. The van der Waals surface area contributed by atoms with E-state index in [1.165, 1.54) is 11.8 Å². The maximum Gasteiger partial charge on any atom is 0.303 e. The summed E-state index contributed by atoms with van der Waals surface area (Å²) in [6, 6.07) is 7.87. The summed E-state index contributed by atoms with van der Waals surface area (Å²) in [4.78, 5) is 25.2. The molecule has 1 aromatic carbocycles. The molecule has 0 radical (unpaired) electrons. The molecule has 1 aromatic rings. The summed E-state index contributed by atoms with van der Waals surface area (Å²) in [5.74, 6) is -0.839. The summed E-state index contributed by atoms with van der Waals surface area (Å²) in [6.45, 7) is 0.549. The number of aliphatic carboxylic acids is 1. The Morgan fingerprint density at radius 3 is 2.74 bits per heavy atom. The number of rotatable bonds is 7. The van der Waals surface area contributed by atoms with Crippen LogP contribution in [0.25, 0.3) is 6.08 Å². The molecule has 0 aliphatic carbocycles. The van der Waals surface area contributed by atoms with Crippen LogP contribution in [0.1, 0.15) is 31.2 Å². The molecule has 1 N–H and O–H groups in total. The second-order valence-corrected chi connectivity index (χ2v) is 7.90. The molecule has 0 unspecified atom stereocenters. The van der Waals surface area contributed by atoms with E-state index in [-0.39, 0.29) is 12.3 Å². The van der Waals surface area contributed by atoms with Gasteiger partial charge in [0.05, 0.1) is 4.91 Å². The first kappa shape index (κ1) is 18.4. The standard InChI is InChI=1S/C16H16INO3S2/c17-12-7-4-3-6-11(12)10-13-15(21)18(16(22)23-13)9-5-1-2-8-14(19)20/h3-4,6-7,10H,1-2,5,8-9H2,(H,19,20)/b13-10+. The van der Waals surface area contributed by atoms with E-state index in [4.69, 9.17) is 17.3 Å². The second-order valence-electron chi connectivity index (χ2n) is 5.06. The number of benzene rings is 1. The normalized spacial score (nSPS) is 16.4. The molecule has 122 valence electrons. The zero-order valence-electron chi connectivity index (χ0n) is 12.3. The minimum absolute atomic E-state index is 0.0575. The topological polar surface area (TPSA) is 57.6 Å². The van der Waals surface area contributed by atoms with Crippen molar-refractivity contribution in [2.45, 2.75) is 25.7 Å². The third-order valence-corrected chi connectivity index (χ3v) is 5.70. The lowest BCUT2D eigenvalue weighted by Gasteiger charge is -2.13. The van der Waals surface area contributed by atoms with E-state index < -0.39 is 5.97 Å². The Bertz CT molecular complexity index is 660. The van der Waals surface area contributed by atoms with Gasteiger partial charge in [0.1, 0.15) is 4.32 Å². The number of unbranched alkanes of at least 4 members (excludes halogenated alkanes) is 2. The van der Waals surface area contributed by atoms with E-state index in [1.807, 2.05) is 30.3 Å². The quantitative estimate of drug-likeness (QED) is 0.286. The molecule has 1 saturated heterocycles. The van der Waals surface area contributed by atoms with Crippen molar-refractivity contribution in [2.75, 3.05) is 6.54 Å². The van der Waals surface area contributed by atoms with Crippen molar-refractivity contribution in [3.63, 3.8) is 0 Å². The van der Waals surface area contributed by atoms with Gasteiger partial charge in [-0.3, -0.25) is 14.5 Å². The van der Waals surface area contributed by atoms with Crippen LogP contribution in [0.2, 0.25) is 0 Å². The molecule has 1 amide bonds. The van der Waals surface area contributed by atoms with Gasteiger partial charge in [0, 0.05) is 16.5 Å². The Labute approximate surface area is 158 Å². The molecule has 23 heavy (non-hydrogen) atoms. The molecule has 0 atom stereocenters. The Balaban J connectivity index is 1.95. The lowest BCUT2D eigenvalue weighted by molar-refractivity contribution is -0.137. The Kier molecular flexibility index (Phi) is 7.04. The van der Waals surface area contributed by atoms with Crippen molar-refractivity contribution in [2.24, 2.45) is 0 Å². The van der Waals surface area contributed by atoms with Crippen molar-refractivity contribution in [1.29, 1.82) is 0 Å². The van der Waals surface area contributed by atoms with Crippen LogP contribution in [0.3, 0.4) is 0 Å². The predicted octanol–water partition coefficient (Wildman–Crippen LogP) is 4.14. The van der Waals surface area contributed by atoms with Gasteiger partial charge in [0.15, 0.2) is 0 Å². The van der Waals surface area contributed by atoms with E-state index in [9.17, 15) is 9.59 Å². The lowest BCUT2D eigenvalue weighted by atomic mass is 10.2.